The maximum Gasteiger partial charge on any atom is 0.300 e. The van der Waals surface area contributed by atoms with Gasteiger partial charge in [-0.05, 0) is 0 Å². The van der Waals surface area contributed by atoms with Crippen molar-refractivity contribution in [1.29, 1.82) is 0 Å². The summed E-state index contributed by atoms with van der Waals surface area (Å²) in [6.45, 7) is 7.88. The van der Waals surface area contributed by atoms with Crippen molar-refractivity contribution in [3.8, 4) is 0 Å². The molecule has 1 aromatic heterocycles. The number of hydrogen-bond donors (Lipinski definition) is 2. The highest BCUT2D eigenvalue weighted by atomic mass is 32.2. The van der Waals surface area contributed by atoms with Crippen LogP contribution in [-0.4, -0.2) is 20.1 Å². The largest absolute Gasteiger partial charge is 0.359 e. The lowest BCUT2D eigenvalue weighted by molar-refractivity contribution is 0.331. The fourth-order valence-electron chi connectivity index (χ4n) is 1.04. The van der Waals surface area contributed by atoms with Crippen LogP contribution in [-0.2, 0) is 15.6 Å². The molecule has 0 aliphatic rings. The van der Waals surface area contributed by atoms with Crippen molar-refractivity contribution in [2.24, 2.45) is 0 Å². The minimum atomic E-state index is -3.54. The molecule has 1 heterocycles. The molecular formula is C9H17N3O3S. The third-order valence-electron chi connectivity index (χ3n) is 1.82. The Balaban J connectivity index is 2.81. The third kappa shape index (κ3) is 3.49. The van der Waals surface area contributed by atoms with Crippen LogP contribution >= 0.6 is 0 Å². The van der Waals surface area contributed by atoms with E-state index in [2.05, 4.69) is 14.6 Å². The number of rotatable bonds is 4. The monoisotopic (exact) mass is 247 g/mol. The Bertz CT molecular complexity index is 445. The highest BCUT2D eigenvalue weighted by Crippen LogP contribution is 2.24. The molecule has 2 N–H and O–H groups in total. The molecule has 0 saturated carbocycles. The highest BCUT2D eigenvalue weighted by molar-refractivity contribution is 7.90. The zero-order chi connectivity index (χ0) is 12.4. The molecule has 1 rings (SSSR count). The summed E-state index contributed by atoms with van der Waals surface area (Å²) in [5.41, 5.74) is -0.200. The Labute approximate surface area is 95.6 Å². The second-order valence-corrected chi connectivity index (χ2v) is 5.93. The van der Waals surface area contributed by atoms with E-state index >= 15 is 0 Å². The lowest BCUT2D eigenvalue weighted by atomic mass is 9.93. The van der Waals surface area contributed by atoms with Crippen LogP contribution in [0.2, 0.25) is 0 Å². The topological polar surface area (TPSA) is 84.2 Å². The van der Waals surface area contributed by atoms with Gasteiger partial charge in [-0.25, -0.2) is 0 Å². The number of anilines is 1. The number of nitrogens with one attached hydrogen (secondary N) is 2. The van der Waals surface area contributed by atoms with E-state index < -0.39 is 10.2 Å². The van der Waals surface area contributed by atoms with E-state index in [0.29, 0.717) is 12.3 Å². The van der Waals surface area contributed by atoms with Crippen molar-refractivity contribution in [2.45, 2.75) is 33.1 Å². The smallest absolute Gasteiger partial charge is 0.300 e. The Kier molecular flexibility index (Phi) is 3.59. The first-order valence-electron chi connectivity index (χ1n) is 4.99. The van der Waals surface area contributed by atoms with Crippen molar-refractivity contribution < 1.29 is 12.9 Å². The second kappa shape index (κ2) is 4.42. The van der Waals surface area contributed by atoms with Gasteiger partial charge in [0.25, 0.3) is 10.2 Å². The summed E-state index contributed by atoms with van der Waals surface area (Å²) in [7, 11) is -3.54. The lowest BCUT2D eigenvalue weighted by Gasteiger charge is -2.12. The quantitative estimate of drug-likeness (QED) is 0.838. The molecule has 0 spiro atoms. The summed E-state index contributed by atoms with van der Waals surface area (Å²) >= 11 is 0. The van der Waals surface area contributed by atoms with Gasteiger partial charge in [0.1, 0.15) is 5.76 Å². The molecule has 0 atom stereocenters. The van der Waals surface area contributed by atoms with Gasteiger partial charge in [0, 0.05) is 18.0 Å². The van der Waals surface area contributed by atoms with Crippen LogP contribution < -0.4 is 9.44 Å². The summed E-state index contributed by atoms with van der Waals surface area (Å²) in [6.07, 6.45) is 0. The van der Waals surface area contributed by atoms with Gasteiger partial charge in [0.15, 0.2) is 5.82 Å². The van der Waals surface area contributed by atoms with E-state index in [4.69, 9.17) is 4.52 Å². The van der Waals surface area contributed by atoms with Crippen molar-refractivity contribution >= 4 is 16.0 Å². The van der Waals surface area contributed by atoms with Gasteiger partial charge in [0.05, 0.1) is 0 Å². The van der Waals surface area contributed by atoms with E-state index in [1.54, 1.807) is 13.0 Å². The maximum atomic E-state index is 11.4. The summed E-state index contributed by atoms with van der Waals surface area (Å²) in [6, 6.07) is 1.58. The van der Waals surface area contributed by atoms with E-state index in [1.165, 1.54) is 0 Å². The molecule has 0 bridgehead atoms. The first kappa shape index (κ1) is 13.0. The van der Waals surface area contributed by atoms with Crippen molar-refractivity contribution in [2.75, 3.05) is 11.3 Å². The molecule has 7 heteroatoms. The first-order chi connectivity index (χ1) is 7.24. The highest BCUT2D eigenvalue weighted by Gasteiger charge is 2.21. The Morgan fingerprint density at radius 1 is 1.44 bits per heavy atom. The van der Waals surface area contributed by atoms with Gasteiger partial charge in [-0.15, -0.1) is 0 Å². The number of aromatic nitrogens is 1. The van der Waals surface area contributed by atoms with Crippen LogP contribution in [0.3, 0.4) is 0 Å². The van der Waals surface area contributed by atoms with Crippen LogP contribution in [0, 0.1) is 0 Å². The van der Waals surface area contributed by atoms with E-state index in [0.717, 1.165) is 0 Å². The van der Waals surface area contributed by atoms with Gasteiger partial charge < -0.3 is 4.52 Å². The minimum absolute atomic E-state index is 0.186. The van der Waals surface area contributed by atoms with Crippen LogP contribution in [0.25, 0.3) is 0 Å². The average Bonchev–Trinajstić information content (AvgIpc) is 2.50. The SMILES string of the molecule is CCNS(=O)(=O)Nc1cc(C(C)(C)C)on1. The first-order valence-corrected chi connectivity index (χ1v) is 6.47. The van der Waals surface area contributed by atoms with Gasteiger partial charge >= 0.3 is 0 Å². The summed E-state index contributed by atoms with van der Waals surface area (Å²) in [5.74, 6) is 0.813. The molecule has 6 nitrogen and oxygen atoms in total. The fraction of sp³-hybridized carbons (Fsp3) is 0.667. The Morgan fingerprint density at radius 3 is 2.50 bits per heavy atom. The Morgan fingerprint density at radius 2 is 2.06 bits per heavy atom. The van der Waals surface area contributed by atoms with Crippen molar-refractivity contribution in [3.05, 3.63) is 11.8 Å². The van der Waals surface area contributed by atoms with Gasteiger partial charge in [-0.1, -0.05) is 32.9 Å². The molecule has 1 aromatic rings. The molecule has 92 valence electrons. The molecule has 0 fully saturated rings. The lowest BCUT2D eigenvalue weighted by Crippen LogP contribution is -2.29. The second-order valence-electron chi connectivity index (χ2n) is 4.43. The molecule has 0 aromatic carbocycles. The maximum absolute atomic E-state index is 11.4. The van der Waals surface area contributed by atoms with E-state index in [9.17, 15) is 8.42 Å². The molecule has 0 amide bonds. The van der Waals surface area contributed by atoms with Crippen molar-refractivity contribution in [1.82, 2.24) is 9.88 Å². The van der Waals surface area contributed by atoms with Crippen LogP contribution in [0.1, 0.15) is 33.5 Å². The standard InChI is InChI=1S/C9H17N3O3S/c1-5-10-16(13,14)12-8-6-7(15-11-8)9(2,3)4/h6,10H,5H2,1-4H3,(H,11,12). The number of nitrogens with zero attached hydrogens (tertiary/aromatic N) is 1. The zero-order valence-corrected chi connectivity index (χ0v) is 10.7. The van der Waals surface area contributed by atoms with Gasteiger partial charge in [0.2, 0.25) is 0 Å². The normalized spacial score (nSPS) is 12.8. The third-order valence-corrected chi connectivity index (χ3v) is 2.97. The summed E-state index contributed by atoms with van der Waals surface area (Å²) < 4.78 is 32.3. The molecule has 16 heavy (non-hydrogen) atoms. The Hall–Kier alpha value is -1.08. The van der Waals surface area contributed by atoms with Gasteiger partial charge in [-0.2, -0.15) is 13.1 Å². The predicted octanol–water partition coefficient (Wildman–Crippen LogP) is 1.24. The molecule has 0 saturated heterocycles. The molecule has 0 aliphatic carbocycles. The van der Waals surface area contributed by atoms with Crippen LogP contribution in [0.5, 0.6) is 0 Å². The predicted molar refractivity (Wildman–Crippen MR) is 61.4 cm³/mol. The number of hydrogen-bond acceptors (Lipinski definition) is 4. The molecular weight excluding hydrogens is 230 g/mol. The molecule has 0 aliphatic heterocycles. The molecule has 0 unspecified atom stereocenters. The van der Waals surface area contributed by atoms with Crippen LogP contribution in [0.15, 0.2) is 10.6 Å². The van der Waals surface area contributed by atoms with E-state index in [1.807, 2.05) is 20.8 Å². The van der Waals surface area contributed by atoms with E-state index in [-0.39, 0.29) is 11.2 Å². The zero-order valence-electron chi connectivity index (χ0n) is 9.86. The minimum Gasteiger partial charge on any atom is -0.359 e. The average molecular weight is 247 g/mol. The summed E-state index contributed by atoms with van der Waals surface area (Å²) in [5, 5.41) is 3.64. The fourth-order valence-corrected chi connectivity index (χ4v) is 1.86. The van der Waals surface area contributed by atoms with Crippen molar-refractivity contribution in [3.63, 3.8) is 0 Å². The van der Waals surface area contributed by atoms with Gasteiger partial charge in [-0.3, -0.25) is 4.72 Å². The summed E-state index contributed by atoms with van der Waals surface area (Å²) in [4.78, 5) is 0. The molecule has 0 radical (unpaired) electrons. The van der Waals surface area contributed by atoms with Crippen LogP contribution in [0.4, 0.5) is 5.82 Å².